The number of unbranched alkanes of at least 4 members (excludes halogenated alkanes) is 3. The van der Waals surface area contributed by atoms with Crippen molar-refractivity contribution in [1.29, 1.82) is 0 Å². The van der Waals surface area contributed by atoms with Crippen molar-refractivity contribution in [2.75, 3.05) is 19.6 Å². The molecule has 0 fully saturated rings. The van der Waals surface area contributed by atoms with E-state index in [0.717, 1.165) is 10.2 Å². The summed E-state index contributed by atoms with van der Waals surface area (Å²) in [5.41, 5.74) is 1.37. The van der Waals surface area contributed by atoms with Crippen LogP contribution in [0.25, 0.3) is 0 Å². The number of benzene rings is 3. The minimum Gasteiger partial charge on any atom is -0.490 e. The van der Waals surface area contributed by atoms with Gasteiger partial charge < -0.3 is 14.0 Å². The predicted octanol–water partition coefficient (Wildman–Crippen LogP) is 7.92. The van der Waals surface area contributed by atoms with E-state index in [0.29, 0.717) is 11.5 Å². The van der Waals surface area contributed by atoms with Crippen LogP contribution in [-0.4, -0.2) is 27.0 Å². The number of quaternary nitrogens is 1. The predicted molar refractivity (Wildman–Crippen MR) is 148 cm³/mol. The van der Waals surface area contributed by atoms with Crippen LogP contribution in [0.1, 0.15) is 59.3 Å². The van der Waals surface area contributed by atoms with Crippen molar-refractivity contribution >= 4 is 13.0 Å². The fourth-order valence-corrected chi connectivity index (χ4v) is 4.35. The average molecular weight is 474 g/mol. The molecule has 0 bridgehead atoms. The fraction of sp³-hybridized carbons (Fsp3) is 0.400. The number of hydrogen-bond donors (Lipinski definition) is 0. The lowest BCUT2D eigenvalue weighted by Crippen LogP contribution is -2.51. The molecule has 0 aromatic heterocycles. The standard InChI is InChI=1S/C30H41BNO3/c1-4-7-24-32(25-8-5-2,26-9-6-3)27-20-22-30(23-21-27)35-31(33-28-16-12-10-13-17-28)34-29-18-14-11-15-19-29/h10-23H,4-9,24-26H2,1-3H3/q+1. The second-order valence-electron chi connectivity index (χ2n) is 9.14. The van der Waals surface area contributed by atoms with E-state index in [1.54, 1.807) is 0 Å². The van der Waals surface area contributed by atoms with Crippen molar-refractivity contribution in [3.63, 3.8) is 0 Å². The van der Waals surface area contributed by atoms with Crippen LogP contribution in [0.2, 0.25) is 0 Å². The normalized spacial score (nSPS) is 11.2. The van der Waals surface area contributed by atoms with Crippen LogP contribution in [0, 0.1) is 0 Å². The number of hydrogen-bond acceptors (Lipinski definition) is 3. The zero-order chi connectivity index (χ0) is 24.8. The van der Waals surface area contributed by atoms with E-state index in [1.807, 2.05) is 60.7 Å². The molecule has 3 aromatic rings. The molecular formula is C30H41BNO3+. The molecule has 0 spiro atoms. The molecule has 0 aliphatic heterocycles. The molecular weight excluding hydrogens is 433 g/mol. The first-order chi connectivity index (χ1) is 17.2. The molecule has 0 saturated heterocycles. The lowest BCUT2D eigenvalue weighted by molar-refractivity contribution is 0.259. The Labute approximate surface area is 212 Å². The second-order valence-corrected chi connectivity index (χ2v) is 9.14. The molecule has 0 saturated carbocycles. The molecule has 0 aliphatic rings. The van der Waals surface area contributed by atoms with Gasteiger partial charge in [-0.25, -0.2) is 0 Å². The van der Waals surface area contributed by atoms with Crippen molar-refractivity contribution in [2.45, 2.75) is 59.3 Å². The molecule has 0 unspecified atom stereocenters. The summed E-state index contributed by atoms with van der Waals surface area (Å²) < 4.78 is 19.3. The minimum atomic E-state index is -0.898. The van der Waals surface area contributed by atoms with Crippen molar-refractivity contribution < 1.29 is 14.0 Å². The van der Waals surface area contributed by atoms with Crippen molar-refractivity contribution in [3.8, 4) is 17.2 Å². The van der Waals surface area contributed by atoms with Crippen LogP contribution >= 0.6 is 0 Å². The SMILES string of the molecule is CCCC[N+](CCCC)(CCCC)c1ccc(OB(Oc2ccccc2)Oc2ccccc2)cc1. The highest BCUT2D eigenvalue weighted by atomic mass is 16.7. The Balaban J connectivity index is 1.80. The van der Waals surface area contributed by atoms with Crippen LogP contribution < -0.4 is 18.4 Å². The van der Waals surface area contributed by atoms with E-state index >= 15 is 0 Å². The summed E-state index contributed by atoms with van der Waals surface area (Å²) in [5, 5.41) is 0. The van der Waals surface area contributed by atoms with Gasteiger partial charge in [0.1, 0.15) is 22.9 Å². The highest BCUT2D eigenvalue weighted by molar-refractivity contribution is 6.39. The maximum Gasteiger partial charge on any atom is 0.864 e. The lowest BCUT2D eigenvalue weighted by atomic mass is 10.1. The first-order valence-corrected chi connectivity index (χ1v) is 13.3. The van der Waals surface area contributed by atoms with Gasteiger partial charge in [0.2, 0.25) is 0 Å². The van der Waals surface area contributed by atoms with E-state index in [1.165, 1.54) is 63.8 Å². The quantitative estimate of drug-likeness (QED) is 0.156. The highest BCUT2D eigenvalue weighted by Gasteiger charge is 2.32. The fourth-order valence-electron chi connectivity index (χ4n) is 4.35. The van der Waals surface area contributed by atoms with Gasteiger partial charge in [-0.05, 0) is 55.7 Å². The molecule has 4 nitrogen and oxygen atoms in total. The van der Waals surface area contributed by atoms with Crippen molar-refractivity contribution in [1.82, 2.24) is 4.48 Å². The van der Waals surface area contributed by atoms with Crippen molar-refractivity contribution in [2.24, 2.45) is 0 Å². The number of nitrogens with zero attached hydrogens (tertiary/aromatic N) is 1. The third kappa shape index (κ3) is 8.36. The zero-order valence-corrected chi connectivity index (χ0v) is 21.7. The maximum atomic E-state index is 6.18. The van der Waals surface area contributed by atoms with Gasteiger partial charge in [0.25, 0.3) is 0 Å². The third-order valence-corrected chi connectivity index (χ3v) is 6.39. The lowest BCUT2D eigenvalue weighted by Gasteiger charge is -2.39. The zero-order valence-electron chi connectivity index (χ0n) is 21.7. The summed E-state index contributed by atoms with van der Waals surface area (Å²) in [7, 11) is -0.898. The molecule has 0 aliphatic carbocycles. The monoisotopic (exact) mass is 474 g/mol. The Kier molecular flexibility index (Phi) is 11.0. The molecule has 35 heavy (non-hydrogen) atoms. The molecule has 186 valence electrons. The van der Waals surface area contributed by atoms with Gasteiger partial charge in [-0.2, -0.15) is 0 Å². The molecule has 0 heterocycles. The summed E-state index contributed by atoms with van der Waals surface area (Å²) >= 11 is 0. The largest absolute Gasteiger partial charge is 0.864 e. The first-order valence-electron chi connectivity index (χ1n) is 13.3. The Morgan fingerprint density at radius 1 is 0.514 bits per heavy atom. The second kappa shape index (κ2) is 14.5. The highest BCUT2D eigenvalue weighted by Crippen LogP contribution is 2.29. The summed E-state index contributed by atoms with van der Waals surface area (Å²) in [6.07, 6.45) is 7.37. The summed E-state index contributed by atoms with van der Waals surface area (Å²) in [4.78, 5) is 0. The van der Waals surface area contributed by atoms with Crippen molar-refractivity contribution in [3.05, 3.63) is 84.9 Å². The van der Waals surface area contributed by atoms with E-state index in [-0.39, 0.29) is 0 Å². The summed E-state index contributed by atoms with van der Waals surface area (Å²) in [6, 6.07) is 27.8. The van der Waals surface area contributed by atoms with Crippen LogP contribution in [0.4, 0.5) is 5.69 Å². The van der Waals surface area contributed by atoms with Gasteiger partial charge in [0.05, 0.1) is 19.6 Å². The molecule has 0 radical (unpaired) electrons. The molecule has 5 heteroatoms. The average Bonchev–Trinajstić information content (AvgIpc) is 2.90. The number of rotatable bonds is 16. The van der Waals surface area contributed by atoms with Crippen LogP contribution in [0.3, 0.4) is 0 Å². The first kappa shape index (κ1) is 26.7. The molecule has 0 amide bonds. The minimum absolute atomic E-state index is 0.694. The number of para-hydroxylation sites is 2. The maximum absolute atomic E-state index is 6.18. The van der Waals surface area contributed by atoms with Crippen LogP contribution in [0.15, 0.2) is 84.9 Å². The Morgan fingerprint density at radius 3 is 1.26 bits per heavy atom. The smallest absolute Gasteiger partial charge is 0.490 e. The van der Waals surface area contributed by atoms with E-state index in [4.69, 9.17) is 14.0 Å². The Hall–Kier alpha value is -2.92. The summed E-state index contributed by atoms with van der Waals surface area (Å²) in [5.74, 6) is 2.11. The summed E-state index contributed by atoms with van der Waals surface area (Å²) in [6.45, 7) is 10.4. The van der Waals surface area contributed by atoms with Gasteiger partial charge in [0, 0.05) is 12.1 Å². The van der Waals surface area contributed by atoms with E-state index < -0.39 is 7.32 Å². The Morgan fingerprint density at radius 2 is 0.886 bits per heavy atom. The van der Waals surface area contributed by atoms with Gasteiger partial charge in [-0.15, -0.1) is 0 Å². The van der Waals surface area contributed by atoms with Crippen LogP contribution in [-0.2, 0) is 0 Å². The topological polar surface area (TPSA) is 27.7 Å². The van der Waals surface area contributed by atoms with Gasteiger partial charge >= 0.3 is 7.32 Å². The van der Waals surface area contributed by atoms with E-state index in [9.17, 15) is 0 Å². The molecule has 0 atom stereocenters. The van der Waals surface area contributed by atoms with Gasteiger partial charge in [-0.1, -0.05) is 76.4 Å². The molecule has 3 aromatic carbocycles. The molecule has 3 rings (SSSR count). The van der Waals surface area contributed by atoms with Gasteiger partial charge in [0.15, 0.2) is 0 Å². The third-order valence-electron chi connectivity index (χ3n) is 6.39. The van der Waals surface area contributed by atoms with Crippen LogP contribution in [0.5, 0.6) is 17.2 Å². The molecule has 0 N–H and O–H groups in total. The van der Waals surface area contributed by atoms with Gasteiger partial charge in [-0.3, -0.25) is 4.48 Å². The Bertz CT molecular complexity index is 887. The van der Waals surface area contributed by atoms with E-state index in [2.05, 4.69) is 45.0 Å².